The second kappa shape index (κ2) is 3.87. The van der Waals surface area contributed by atoms with E-state index in [0.717, 1.165) is 30.6 Å². The molecular weight excluding hydrogens is 214 g/mol. The summed E-state index contributed by atoms with van der Waals surface area (Å²) in [6.45, 7) is 0.775. The van der Waals surface area contributed by atoms with Crippen LogP contribution in [-0.2, 0) is 20.0 Å². The number of hydrogen-bond donors (Lipinski definition) is 0. The number of rotatable bonds is 2. The van der Waals surface area contributed by atoms with Gasteiger partial charge in [-0.25, -0.2) is 4.98 Å². The van der Waals surface area contributed by atoms with Crippen LogP contribution in [0, 0.1) is 0 Å². The molecule has 0 spiro atoms. The van der Waals surface area contributed by atoms with E-state index in [4.69, 9.17) is 0 Å². The molecule has 88 valence electrons. The highest BCUT2D eigenvalue weighted by Gasteiger charge is 2.19. The Morgan fingerprint density at radius 1 is 1.35 bits per heavy atom. The normalized spacial score (nSPS) is 15.0. The van der Waals surface area contributed by atoms with Gasteiger partial charge in [0.05, 0.1) is 18.6 Å². The van der Waals surface area contributed by atoms with Crippen molar-refractivity contribution >= 4 is 5.78 Å². The van der Waals surface area contributed by atoms with E-state index >= 15 is 0 Å². The van der Waals surface area contributed by atoms with Crippen LogP contribution in [0.1, 0.15) is 34.5 Å². The Kier molecular flexibility index (Phi) is 2.35. The zero-order valence-corrected chi connectivity index (χ0v) is 9.89. The Balaban J connectivity index is 1.90. The molecule has 0 N–H and O–H groups in total. The zero-order chi connectivity index (χ0) is 11.8. The highest BCUT2D eigenvalue weighted by Crippen LogP contribution is 2.22. The molecule has 2 heterocycles. The number of Topliss-reactive ketones (excluding diaryl/α,β-unsaturated/α-hetero) is 1. The lowest BCUT2D eigenvalue weighted by Gasteiger charge is -2.07. The molecule has 2 aromatic heterocycles. The topological polar surface area (TPSA) is 39.8 Å². The standard InChI is InChI=1S/C13H15N3O/c1-15-9-14-5-11(15)7-16-6-10-3-2-4-13(17)12(10)8-16/h5-6,8-9H,2-4,7H2,1H3. The minimum Gasteiger partial charge on any atom is -0.347 e. The highest BCUT2D eigenvalue weighted by atomic mass is 16.1. The fourth-order valence-electron chi connectivity index (χ4n) is 2.40. The Labute approximate surface area is 99.9 Å². The van der Waals surface area contributed by atoms with Crippen LogP contribution in [0.2, 0.25) is 0 Å². The molecule has 4 nitrogen and oxygen atoms in total. The van der Waals surface area contributed by atoms with Crippen molar-refractivity contribution in [3.63, 3.8) is 0 Å². The first kappa shape index (κ1) is 10.3. The summed E-state index contributed by atoms with van der Waals surface area (Å²) in [4.78, 5) is 15.8. The molecule has 0 fully saturated rings. The maximum atomic E-state index is 11.7. The van der Waals surface area contributed by atoms with E-state index in [1.165, 1.54) is 5.56 Å². The Hall–Kier alpha value is -1.84. The van der Waals surface area contributed by atoms with Crippen LogP contribution in [0.3, 0.4) is 0 Å². The minimum atomic E-state index is 0.287. The van der Waals surface area contributed by atoms with Gasteiger partial charge in [0, 0.05) is 37.6 Å². The van der Waals surface area contributed by atoms with E-state index in [-0.39, 0.29) is 5.78 Å². The van der Waals surface area contributed by atoms with Crippen LogP contribution in [0.25, 0.3) is 0 Å². The van der Waals surface area contributed by atoms with Gasteiger partial charge >= 0.3 is 0 Å². The third kappa shape index (κ3) is 1.79. The van der Waals surface area contributed by atoms with Crippen molar-refractivity contribution < 1.29 is 4.79 Å². The molecule has 0 radical (unpaired) electrons. The van der Waals surface area contributed by atoms with Crippen molar-refractivity contribution in [1.82, 2.24) is 14.1 Å². The molecule has 2 aromatic rings. The second-order valence-corrected chi connectivity index (χ2v) is 4.64. The monoisotopic (exact) mass is 229 g/mol. The minimum absolute atomic E-state index is 0.287. The van der Waals surface area contributed by atoms with E-state index in [1.54, 1.807) is 6.33 Å². The van der Waals surface area contributed by atoms with Crippen LogP contribution in [-0.4, -0.2) is 19.9 Å². The molecule has 4 heteroatoms. The van der Waals surface area contributed by atoms with Crippen molar-refractivity contribution in [2.75, 3.05) is 0 Å². The number of aryl methyl sites for hydroxylation is 2. The number of carbonyl (C=O) groups is 1. The highest BCUT2D eigenvalue weighted by molar-refractivity contribution is 5.98. The number of hydrogen-bond acceptors (Lipinski definition) is 2. The molecule has 0 unspecified atom stereocenters. The van der Waals surface area contributed by atoms with Crippen LogP contribution >= 0.6 is 0 Å². The van der Waals surface area contributed by atoms with Crippen molar-refractivity contribution in [3.05, 3.63) is 41.7 Å². The number of carbonyl (C=O) groups excluding carboxylic acids is 1. The predicted octanol–water partition coefficient (Wildman–Crippen LogP) is 1.79. The van der Waals surface area contributed by atoms with Gasteiger partial charge in [-0.2, -0.15) is 0 Å². The molecule has 0 saturated carbocycles. The van der Waals surface area contributed by atoms with Gasteiger partial charge in [0.15, 0.2) is 5.78 Å². The fourth-order valence-corrected chi connectivity index (χ4v) is 2.40. The molecule has 1 aliphatic rings. The Morgan fingerprint density at radius 2 is 2.24 bits per heavy atom. The molecule has 17 heavy (non-hydrogen) atoms. The van der Waals surface area contributed by atoms with Crippen LogP contribution in [0.15, 0.2) is 24.9 Å². The van der Waals surface area contributed by atoms with Gasteiger partial charge in [-0.3, -0.25) is 4.79 Å². The van der Waals surface area contributed by atoms with Gasteiger partial charge < -0.3 is 9.13 Å². The average molecular weight is 229 g/mol. The maximum Gasteiger partial charge on any atom is 0.164 e. The molecule has 0 saturated heterocycles. The van der Waals surface area contributed by atoms with E-state index in [2.05, 4.69) is 15.7 Å². The molecule has 3 rings (SSSR count). The van der Waals surface area contributed by atoms with Gasteiger partial charge in [0.1, 0.15) is 0 Å². The third-order valence-electron chi connectivity index (χ3n) is 3.37. The van der Waals surface area contributed by atoms with Gasteiger partial charge in [0.25, 0.3) is 0 Å². The number of aromatic nitrogens is 3. The Morgan fingerprint density at radius 3 is 2.94 bits per heavy atom. The van der Waals surface area contributed by atoms with Gasteiger partial charge in [-0.05, 0) is 18.4 Å². The SMILES string of the molecule is Cn1cncc1Cn1cc2c(c1)C(=O)CCC2. The summed E-state index contributed by atoms with van der Waals surface area (Å²) in [6.07, 6.45) is 10.4. The lowest BCUT2D eigenvalue weighted by molar-refractivity contribution is 0.0973. The Bertz CT molecular complexity index is 565. The summed E-state index contributed by atoms with van der Waals surface area (Å²) >= 11 is 0. The summed E-state index contributed by atoms with van der Waals surface area (Å²) < 4.78 is 4.09. The lowest BCUT2D eigenvalue weighted by atomic mass is 9.95. The molecule has 0 bridgehead atoms. The summed E-state index contributed by atoms with van der Waals surface area (Å²) in [6, 6.07) is 0. The largest absolute Gasteiger partial charge is 0.347 e. The molecule has 1 aliphatic carbocycles. The van der Waals surface area contributed by atoms with Gasteiger partial charge in [-0.1, -0.05) is 0 Å². The van der Waals surface area contributed by atoms with Gasteiger partial charge in [-0.15, -0.1) is 0 Å². The molecule has 0 amide bonds. The number of fused-ring (bicyclic) bond motifs is 1. The number of ketones is 1. The van der Waals surface area contributed by atoms with Crippen LogP contribution in [0.5, 0.6) is 0 Å². The summed E-state index contributed by atoms with van der Waals surface area (Å²) in [5.41, 5.74) is 3.26. The number of nitrogens with zero attached hydrogens (tertiary/aromatic N) is 3. The lowest BCUT2D eigenvalue weighted by Crippen LogP contribution is -2.07. The fraction of sp³-hybridized carbons (Fsp3) is 0.385. The molecular formula is C13H15N3O. The predicted molar refractivity (Wildman–Crippen MR) is 64.0 cm³/mol. The molecule has 0 aromatic carbocycles. The van der Waals surface area contributed by atoms with Crippen molar-refractivity contribution in [3.8, 4) is 0 Å². The first-order chi connectivity index (χ1) is 8.24. The molecule has 0 atom stereocenters. The van der Waals surface area contributed by atoms with E-state index in [9.17, 15) is 4.79 Å². The second-order valence-electron chi connectivity index (χ2n) is 4.64. The van der Waals surface area contributed by atoms with Crippen molar-refractivity contribution in [1.29, 1.82) is 0 Å². The van der Waals surface area contributed by atoms with Crippen LogP contribution < -0.4 is 0 Å². The van der Waals surface area contributed by atoms with Crippen molar-refractivity contribution in [2.45, 2.75) is 25.8 Å². The first-order valence-electron chi connectivity index (χ1n) is 5.91. The van der Waals surface area contributed by atoms with E-state index in [0.29, 0.717) is 6.42 Å². The van der Waals surface area contributed by atoms with Crippen molar-refractivity contribution in [2.24, 2.45) is 7.05 Å². The quantitative estimate of drug-likeness (QED) is 0.787. The zero-order valence-electron chi connectivity index (χ0n) is 9.89. The first-order valence-corrected chi connectivity index (χ1v) is 5.91. The summed E-state index contributed by atoms with van der Waals surface area (Å²) in [5.74, 6) is 0.287. The maximum absolute atomic E-state index is 11.7. The summed E-state index contributed by atoms with van der Waals surface area (Å²) in [5, 5.41) is 0. The average Bonchev–Trinajstić information content (AvgIpc) is 2.87. The number of imidazole rings is 1. The van der Waals surface area contributed by atoms with Crippen LogP contribution in [0.4, 0.5) is 0 Å². The third-order valence-corrected chi connectivity index (χ3v) is 3.37. The van der Waals surface area contributed by atoms with E-state index in [1.807, 2.05) is 24.0 Å². The molecule has 0 aliphatic heterocycles. The van der Waals surface area contributed by atoms with E-state index < -0.39 is 0 Å². The smallest absolute Gasteiger partial charge is 0.164 e. The summed E-state index contributed by atoms with van der Waals surface area (Å²) in [7, 11) is 1.98. The van der Waals surface area contributed by atoms with Gasteiger partial charge in [0.2, 0.25) is 0 Å².